The van der Waals surface area contributed by atoms with Crippen molar-refractivity contribution in [3.8, 4) is 0 Å². The van der Waals surface area contributed by atoms with Crippen LogP contribution in [0.5, 0.6) is 0 Å². The highest BCUT2D eigenvalue weighted by molar-refractivity contribution is 5.88. The van der Waals surface area contributed by atoms with Crippen molar-refractivity contribution in [3.05, 3.63) is 59.7 Å². The van der Waals surface area contributed by atoms with Crippen molar-refractivity contribution in [2.45, 2.75) is 84.0 Å². The van der Waals surface area contributed by atoms with Gasteiger partial charge in [-0.3, -0.25) is 0 Å². The molecule has 194 valence electrons. The maximum absolute atomic E-state index is 11.9. The number of hydrogen-bond acceptors (Lipinski definition) is 5. The van der Waals surface area contributed by atoms with Crippen LogP contribution < -0.4 is 0 Å². The number of aliphatic hydroxyl groups is 1. The first-order valence-electron chi connectivity index (χ1n) is 13.2. The number of ether oxygens (including phenoxy) is 2. The van der Waals surface area contributed by atoms with Crippen molar-refractivity contribution in [1.82, 2.24) is 0 Å². The molecular weight excluding hydrogens is 440 g/mol. The van der Waals surface area contributed by atoms with Crippen LogP contribution in [-0.2, 0) is 25.5 Å². The normalized spacial score (nSPS) is 18.5. The lowest BCUT2D eigenvalue weighted by Crippen LogP contribution is -2.22. The number of rotatable bonds is 15. The first-order chi connectivity index (χ1) is 16.8. The third-order valence-electron chi connectivity index (χ3n) is 7.08. The SMILES string of the molecule is C=C(C)C(=O)OCC(CCc1ccc(C2CCC(CCCCC)CC2)cc1)COC(=O)C(=C)CO. The largest absolute Gasteiger partial charge is 0.462 e. The molecule has 5 nitrogen and oxygen atoms in total. The van der Waals surface area contributed by atoms with Gasteiger partial charge in [0.25, 0.3) is 0 Å². The quantitative estimate of drug-likeness (QED) is 0.180. The number of carbonyl (C=O) groups excluding carboxylic acids is 2. The third kappa shape index (κ3) is 10.4. The molecule has 2 rings (SSSR count). The van der Waals surface area contributed by atoms with Crippen LogP contribution in [0.3, 0.4) is 0 Å². The van der Waals surface area contributed by atoms with Crippen LogP contribution in [0, 0.1) is 11.8 Å². The molecule has 1 aliphatic carbocycles. The van der Waals surface area contributed by atoms with E-state index in [-0.39, 0.29) is 24.7 Å². The van der Waals surface area contributed by atoms with Crippen LogP contribution >= 0.6 is 0 Å². The summed E-state index contributed by atoms with van der Waals surface area (Å²) in [7, 11) is 0. The Bertz CT molecular complexity index is 818. The number of unbranched alkanes of at least 4 members (excludes halogenated alkanes) is 2. The van der Waals surface area contributed by atoms with E-state index in [2.05, 4.69) is 44.3 Å². The number of carbonyl (C=O) groups is 2. The van der Waals surface area contributed by atoms with Crippen molar-refractivity contribution >= 4 is 11.9 Å². The zero-order valence-corrected chi connectivity index (χ0v) is 21.7. The fourth-order valence-electron chi connectivity index (χ4n) is 4.69. The van der Waals surface area contributed by atoms with E-state index in [1.165, 1.54) is 62.5 Å². The first-order valence-corrected chi connectivity index (χ1v) is 13.2. The van der Waals surface area contributed by atoms with E-state index in [0.29, 0.717) is 17.9 Å². The van der Waals surface area contributed by atoms with E-state index in [1.807, 2.05) is 0 Å². The van der Waals surface area contributed by atoms with Gasteiger partial charge in [-0.15, -0.1) is 0 Å². The van der Waals surface area contributed by atoms with Crippen molar-refractivity contribution in [1.29, 1.82) is 0 Å². The molecule has 0 spiro atoms. The van der Waals surface area contributed by atoms with Crippen molar-refractivity contribution in [2.24, 2.45) is 11.8 Å². The first kappa shape index (κ1) is 28.8. The number of benzene rings is 1. The van der Waals surface area contributed by atoms with Crippen LogP contribution in [0.4, 0.5) is 0 Å². The van der Waals surface area contributed by atoms with Gasteiger partial charge in [-0.2, -0.15) is 0 Å². The topological polar surface area (TPSA) is 72.8 Å². The molecule has 35 heavy (non-hydrogen) atoms. The van der Waals surface area contributed by atoms with Gasteiger partial charge in [-0.25, -0.2) is 9.59 Å². The summed E-state index contributed by atoms with van der Waals surface area (Å²) in [5, 5.41) is 9.05. The Labute approximate surface area is 211 Å². The molecular formula is C30H44O5. The molecule has 0 amide bonds. The maximum Gasteiger partial charge on any atom is 0.335 e. The molecule has 1 aromatic rings. The van der Waals surface area contributed by atoms with Crippen molar-refractivity contribution < 1.29 is 24.2 Å². The molecule has 0 aromatic heterocycles. The molecule has 1 aromatic carbocycles. The summed E-state index contributed by atoms with van der Waals surface area (Å²) in [5.41, 5.74) is 2.99. The minimum atomic E-state index is -0.631. The standard InChI is InChI=1S/C30H44O5/c1-5-6-7-8-24-11-15-27(16-12-24)28-17-13-25(14-18-28)9-10-26(20-34-29(32)22(2)3)21-35-30(33)23(4)19-31/h13-14,17-18,24,26-27,31H,2,4-12,15-16,19-21H2,1,3H3. The van der Waals surface area contributed by atoms with E-state index < -0.39 is 18.5 Å². The highest BCUT2D eigenvalue weighted by atomic mass is 16.5. The summed E-state index contributed by atoms with van der Waals surface area (Å²) in [4.78, 5) is 23.7. The third-order valence-corrected chi connectivity index (χ3v) is 7.08. The molecule has 0 aliphatic heterocycles. The fraction of sp³-hybridized carbons (Fsp3) is 0.600. The number of esters is 2. The number of hydrogen-bond donors (Lipinski definition) is 1. The average Bonchev–Trinajstić information content (AvgIpc) is 2.88. The second-order valence-electron chi connectivity index (χ2n) is 10.1. The molecule has 1 N–H and O–H groups in total. The van der Waals surface area contributed by atoms with Crippen molar-refractivity contribution in [2.75, 3.05) is 19.8 Å². The molecule has 0 saturated heterocycles. The average molecular weight is 485 g/mol. The van der Waals surface area contributed by atoms with Crippen LogP contribution in [0.1, 0.15) is 88.7 Å². The van der Waals surface area contributed by atoms with Gasteiger partial charge < -0.3 is 14.6 Å². The Balaban J connectivity index is 1.85. The van der Waals surface area contributed by atoms with E-state index in [9.17, 15) is 9.59 Å². The van der Waals surface area contributed by atoms with Gasteiger partial charge in [-0.1, -0.05) is 70.0 Å². The Morgan fingerprint density at radius 2 is 1.63 bits per heavy atom. The second kappa shape index (κ2) is 15.6. The molecule has 0 bridgehead atoms. The lowest BCUT2D eigenvalue weighted by Gasteiger charge is -2.29. The predicted octanol–water partition coefficient (Wildman–Crippen LogP) is 6.30. The van der Waals surface area contributed by atoms with Gasteiger partial charge in [0, 0.05) is 11.5 Å². The summed E-state index contributed by atoms with van der Waals surface area (Å²) in [5.74, 6) is 0.339. The monoisotopic (exact) mass is 484 g/mol. The zero-order chi connectivity index (χ0) is 25.6. The van der Waals surface area contributed by atoms with Gasteiger partial charge in [0.1, 0.15) is 0 Å². The summed E-state index contributed by atoms with van der Waals surface area (Å²) in [6.07, 6.45) is 12.2. The van der Waals surface area contributed by atoms with Crippen LogP contribution in [0.2, 0.25) is 0 Å². The number of aliphatic hydroxyl groups excluding tert-OH is 1. The molecule has 1 saturated carbocycles. The zero-order valence-electron chi connectivity index (χ0n) is 21.7. The van der Waals surface area contributed by atoms with Crippen LogP contribution in [0.15, 0.2) is 48.6 Å². The molecule has 1 aliphatic rings. The second-order valence-corrected chi connectivity index (χ2v) is 10.1. The Morgan fingerprint density at radius 1 is 1.00 bits per heavy atom. The minimum absolute atomic E-state index is 0.00765. The van der Waals surface area contributed by atoms with E-state index in [4.69, 9.17) is 14.6 Å². The van der Waals surface area contributed by atoms with Crippen molar-refractivity contribution in [3.63, 3.8) is 0 Å². The molecule has 1 unspecified atom stereocenters. The lowest BCUT2D eigenvalue weighted by molar-refractivity contribution is -0.144. The maximum atomic E-state index is 11.9. The summed E-state index contributed by atoms with van der Waals surface area (Å²) in [6.45, 7) is 10.8. The van der Waals surface area contributed by atoms with Gasteiger partial charge in [0.2, 0.25) is 0 Å². The minimum Gasteiger partial charge on any atom is -0.462 e. The Hall–Kier alpha value is -2.40. The summed E-state index contributed by atoms with van der Waals surface area (Å²) >= 11 is 0. The van der Waals surface area contributed by atoms with Gasteiger partial charge in [-0.05, 0) is 68.4 Å². The Morgan fingerprint density at radius 3 is 2.20 bits per heavy atom. The van der Waals surface area contributed by atoms with Crippen LogP contribution in [-0.4, -0.2) is 36.9 Å². The van der Waals surface area contributed by atoms with Gasteiger partial charge in [0.05, 0.1) is 25.4 Å². The fourth-order valence-corrected chi connectivity index (χ4v) is 4.69. The Kier molecular flexibility index (Phi) is 12.8. The highest BCUT2D eigenvalue weighted by Crippen LogP contribution is 2.37. The smallest absolute Gasteiger partial charge is 0.335 e. The van der Waals surface area contributed by atoms with Gasteiger partial charge in [0.15, 0.2) is 0 Å². The molecule has 1 fully saturated rings. The summed E-state index contributed by atoms with van der Waals surface area (Å²) in [6, 6.07) is 8.91. The van der Waals surface area contributed by atoms with E-state index in [0.717, 1.165) is 12.3 Å². The van der Waals surface area contributed by atoms with E-state index in [1.54, 1.807) is 6.92 Å². The van der Waals surface area contributed by atoms with E-state index >= 15 is 0 Å². The predicted molar refractivity (Wildman–Crippen MR) is 140 cm³/mol. The summed E-state index contributed by atoms with van der Waals surface area (Å²) < 4.78 is 10.6. The highest BCUT2D eigenvalue weighted by Gasteiger charge is 2.22. The molecule has 1 atom stereocenters. The molecule has 5 heteroatoms. The van der Waals surface area contributed by atoms with Crippen LogP contribution in [0.25, 0.3) is 0 Å². The lowest BCUT2D eigenvalue weighted by atomic mass is 9.77. The molecule has 0 heterocycles. The van der Waals surface area contributed by atoms with Gasteiger partial charge >= 0.3 is 11.9 Å². The molecule has 0 radical (unpaired) electrons. The number of aryl methyl sites for hydroxylation is 1.